The first-order chi connectivity index (χ1) is 11.5. The zero-order chi connectivity index (χ0) is 17.5. The first kappa shape index (κ1) is 17.7. The SMILES string of the molecule is C=C(NC(C)CC)c1cc(Cc2ccccn2)nc(C(=O)NC)c1. The van der Waals surface area contributed by atoms with E-state index in [9.17, 15) is 4.79 Å². The number of aromatic nitrogens is 2. The number of hydrogen-bond acceptors (Lipinski definition) is 4. The molecule has 2 heterocycles. The summed E-state index contributed by atoms with van der Waals surface area (Å²) >= 11 is 0. The molecule has 1 amide bonds. The number of nitrogens with one attached hydrogen (secondary N) is 2. The maximum Gasteiger partial charge on any atom is 0.269 e. The Kier molecular flexibility index (Phi) is 6.07. The molecule has 0 aromatic carbocycles. The van der Waals surface area contributed by atoms with Gasteiger partial charge in [-0.25, -0.2) is 4.98 Å². The monoisotopic (exact) mass is 324 g/mol. The maximum absolute atomic E-state index is 12.0. The minimum atomic E-state index is -0.213. The minimum absolute atomic E-state index is 0.213. The van der Waals surface area contributed by atoms with E-state index in [0.717, 1.165) is 29.1 Å². The van der Waals surface area contributed by atoms with Crippen LogP contribution in [-0.4, -0.2) is 29.0 Å². The van der Waals surface area contributed by atoms with Crippen LogP contribution < -0.4 is 10.6 Å². The van der Waals surface area contributed by atoms with Crippen molar-refractivity contribution in [2.75, 3.05) is 7.05 Å². The first-order valence-electron chi connectivity index (χ1n) is 8.12. The summed E-state index contributed by atoms with van der Waals surface area (Å²) in [6.45, 7) is 8.31. The molecule has 24 heavy (non-hydrogen) atoms. The highest BCUT2D eigenvalue weighted by molar-refractivity contribution is 5.93. The molecule has 2 aromatic rings. The Morgan fingerprint density at radius 1 is 1.29 bits per heavy atom. The predicted molar refractivity (Wildman–Crippen MR) is 96.6 cm³/mol. The Balaban J connectivity index is 2.34. The van der Waals surface area contributed by atoms with Gasteiger partial charge < -0.3 is 10.6 Å². The average Bonchev–Trinajstić information content (AvgIpc) is 2.61. The lowest BCUT2D eigenvalue weighted by Crippen LogP contribution is -2.24. The van der Waals surface area contributed by atoms with Crippen molar-refractivity contribution in [1.82, 2.24) is 20.6 Å². The molecule has 0 aliphatic carbocycles. The van der Waals surface area contributed by atoms with Crippen LogP contribution in [0.25, 0.3) is 5.70 Å². The summed E-state index contributed by atoms with van der Waals surface area (Å²) in [5.41, 5.74) is 3.74. The van der Waals surface area contributed by atoms with E-state index in [1.54, 1.807) is 19.3 Å². The molecule has 5 heteroatoms. The highest BCUT2D eigenvalue weighted by Gasteiger charge is 2.12. The van der Waals surface area contributed by atoms with Crippen LogP contribution in [0.3, 0.4) is 0 Å². The van der Waals surface area contributed by atoms with Gasteiger partial charge in [-0.2, -0.15) is 0 Å². The van der Waals surface area contributed by atoms with Crippen LogP contribution in [0.2, 0.25) is 0 Å². The number of hydrogen-bond donors (Lipinski definition) is 2. The molecule has 0 radical (unpaired) electrons. The van der Waals surface area contributed by atoms with E-state index in [0.29, 0.717) is 18.2 Å². The van der Waals surface area contributed by atoms with E-state index in [1.807, 2.05) is 24.3 Å². The molecular formula is C19H24N4O. The standard InChI is InChI=1S/C19H24N4O/c1-5-13(2)22-14(3)15-10-17(12-16-8-6-7-9-21-16)23-18(11-15)19(24)20-4/h6-11,13,22H,3,5,12H2,1-2,4H3,(H,20,24). The molecule has 1 unspecified atom stereocenters. The van der Waals surface area contributed by atoms with Crippen molar-refractivity contribution in [2.45, 2.75) is 32.7 Å². The fraction of sp³-hybridized carbons (Fsp3) is 0.316. The van der Waals surface area contributed by atoms with Gasteiger partial charge in [0.25, 0.3) is 5.91 Å². The number of carbonyl (C=O) groups excluding carboxylic acids is 1. The average molecular weight is 324 g/mol. The molecule has 0 aliphatic heterocycles. The molecule has 5 nitrogen and oxygen atoms in total. The third kappa shape index (κ3) is 4.65. The summed E-state index contributed by atoms with van der Waals surface area (Å²) < 4.78 is 0. The molecule has 1 atom stereocenters. The molecule has 0 bridgehead atoms. The highest BCUT2D eigenvalue weighted by Crippen LogP contribution is 2.16. The van der Waals surface area contributed by atoms with Crippen molar-refractivity contribution in [3.8, 4) is 0 Å². The lowest BCUT2D eigenvalue weighted by Gasteiger charge is -2.17. The lowest BCUT2D eigenvalue weighted by atomic mass is 10.1. The summed E-state index contributed by atoms with van der Waals surface area (Å²) in [5, 5.41) is 5.97. The number of pyridine rings is 2. The summed E-state index contributed by atoms with van der Waals surface area (Å²) in [6.07, 6.45) is 3.31. The Labute approximate surface area is 143 Å². The molecular weight excluding hydrogens is 300 g/mol. The van der Waals surface area contributed by atoms with Crippen LogP contribution in [0, 0.1) is 0 Å². The summed E-state index contributed by atoms with van der Waals surface area (Å²) in [5.74, 6) is -0.213. The van der Waals surface area contributed by atoms with Gasteiger partial charge in [0.15, 0.2) is 0 Å². The summed E-state index contributed by atoms with van der Waals surface area (Å²) in [6, 6.07) is 9.79. The molecule has 0 fully saturated rings. The normalized spacial score (nSPS) is 11.6. The Bertz CT molecular complexity index is 713. The second-order valence-corrected chi connectivity index (χ2v) is 5.74. The van der Waals surface area contributed by atoms with Gasteiger partial charge in [-0.1, -0.05) is 19.6 Å². The zero-order valence-electron chi connectivity index (χ0n) is 14.5. The fourth-order valence-electron chi connectivity index (χ4n) is 2.27. The van der Waals surface area contributed by atoms with Crippen molar-refractivity contribution >= 4 is 11.6 Å². The molecule has 0 spiro atoms. The Morgan fingerprint density at radius 3 is 2.71 bits per heavy atom. The Morgan fingerprint density at radius 2 is 2.08 bits per heavy atom. The van der Waals surface area contributed by atoms with E-state index < -0.39 is 0 Å². The van der Waals surface area contributed by atoms with E-state index in [-0.39, 0.29) is 5.91 Å². The van der Waals surface area contributed by atoms with Gasteiger partial charge in [0.2, 0.25) is 0 Å². The van der Waals surface area contributed by atoms with Crippen LogP contribution in [-0.2, 0) is 6.42 Å². The fourth-order valence-corrected chi connectivity index (χ4v) is 2.27. The molecule has 2 N–H and O–H groups in total. The molecule has 0 saturated carbocycles. The first-order valence-corrected chi connectivity index (χ1v) is 8.12. The van der Waals surface area contributed by atoms with Crippen LogP contribution in [0.15, 0.2) is 43.1 Å². The largest absolute Gasteiger partial charge is 0.383 e. The summed E-state index contributed by atoms with van der Waals surface area (Å²) in [4.78, 5) is 20.8. The van der Waals surface area contributed by atoms with Gasteiger partial charge in [0.05, 0.1) is 0 Å². The van der Waals surface area contributed by atoms with Crippen LogP contribution in [0.5, 0.6) is 0 Å². The topological polar surface area (TPSA) is 66.9 Å². The van der Waals surface area contributed by atoms with Crippen LogP contribution >= 0.6 is 0 Å². The second kappa shape index (κ2) is 8.24. The van der Waals surface area contributed by atoms with Crippen LogP contribution in [0.1, 0.15) is 47.7 Å². The number of nitrogens with zero attached hydrogens (tertiary/aromatic N) is 2. The number of amides is 1. The van der Waals surface area contributed by atoms with Crippen molar-refractivity contribution in [1.29, 1.82) is 0 Å². The smallest absolute Gasteiger partial charge is 0.269 e. The maximum atomic E-state index is 12.0. The number of carbonyl (C=O) groups is 1. The van der Waals surface area contributed by atoms with E-state index >= 15 is 0 Å². The van der Waals surface area contributed by atoms with Gasteiger partial charge in [-0.3, -0.25) is 9.78 Å². The highest BCUT2D eigenvalue weighted by atomic mass is 16.1. The van der Waals surface area contributed by atoms with E-state index in [4.69, 9.17) is 0 Å². The second-order valence-electron chi connectivity index (χ2n) is 5.74. The molecule has 0 saturated heterocycles. The molecule has 2 aromatic heterocycles. The van der Waals surface area contributed by atoms with Gasteiger partial charge in [0.1, 0.15) is 5.69 Å². The summed E-state index contributed by atoms with van der Waals surface area (Å²) in [7, 11) is 1.60. The third-order valence-electron chi connectivity index (χ3n) is 3.81. The predicted octanol–water partition coefficient (Wildman–Crippen LogP) is 2.79. The van der Waals surface area contributed by atoms with Gasteiger partial charge in [-0.05, 0) is 37.6 Å². The molecule has 126 valence electrons. The molecule has 2 rings (SSSR count). The van der Waals surface area contributed by atoms with Crippen molar-refractivity contribution in [3.63, 3.8) is 0 Å². The van der Waals surface area contributed by atoms with E-state index in [2.05, 4.69) is 41.0 Å². The Hall–Kier alpha value is -2.69. The van der Waals surface area contributed by atoms with E-state index in [1.165, 1.54) is 0 Å². The third-order valence-corrected chi connectivity index (χ3v) is 3.81. The lowest BCUT2D eigenvalue weighted by molar-refractivity contribution is 0.0958. The van der Waals surface area contributed by atoms with Crippen molar-refractivity contribution < 1.29 is 4.79 Å². The van der Waals surface area contributed by atoms with Gasteiger partial charge in [0, 0.05) is 48.4 Å². The van der Waals surface area contributed by atoms with Crippen molar-refractivity contribution in [3.05, 3.63) is 65.8 Å². The van der Waals surface area contributed by atoms with Gasteiger partial charge in [-0.15, -0.1) is 0 Å². The zero-order valence-corrected chi connectivity index (χ0v) is 14.5. The molecule has 0 aliphatic rings. The minimum Gasteiger partial charge on any atom is -0.383 e. The van der Waals surface area contributed by atoms with Crippen molar-refractivity contribution in [2.24, 2.45) is 0 Å². The number of rotatable bonds is 7. The quantitative estimate of drug-likeness (QED) is 0.822. The van der Waals surface area contributed by atoms with Gasteiger partial charge >= 0.3 is 0 Å². The van der Waals surface area contributed by atoms with Crippen LogP contribution in [0.4, 0.5) is 0 Å².